The van der Waals surface area contributed by atoms with Crippen molar-refractivity contribution in [1.29, 1.82) is 0 Å². The molecule has 1 aromatic carbocycles. The summed E-state index contributed by atoms with van der Waals surface area (Å²) in [6.07, 6.45) is 6.94. The maximum Gasteiger partial charge on any atom is 0.309 e. The lowest BCUT2D eigenvalue weighted by Gasteiger charge is -2.25. The van der Waals surface area contributed by atoms with Crippen LogP contribution < -0.4 is 0 Å². The molecular formula is C18H19NO3. The number of allylic oxidation sites excluding steroid dienone is 2. The fraction of sp³-hybridized carbons (Fsp3) is 0.333. The van der Waals surface area contributed by atoms with Crippen molar-refractivity contribution in [3.05, 3.63) is 48.2 Å². The maximum absolute atomic E-state index is 13.0. The highest BCUT2D eigenvalue weighted by Gasteiger charge is 2.36. The summed E-state index contributed by atoms with van der Waals surface area (Å²) in [5.74, 6) is -1.01. The first-order valence-electron chi connectivity index (χ1n) is 7.44. The van der Waals surface area contributed by atoms with Crippen LogP contribution >= 0.6 is 0 Å². The molecule has 0 amide bonds. The number of nitrogens with zero attached hydrogens (tertiary/aromatic N) is 1. The molecule has 0 saturated carbocycles. The van der Waals surface area contributed by atoms with Gasteiger partial charge in [0.05, 0.1) is 13.0 Å². The summed E-state index contributed by atoms with van der Waals surface area (Å²) < 4.78 is 6.82. The summed E-state index contributed by atoms with van der Waals surface area (Å²) in [4.78, 5) is 25.0. The van der Waals surface area contributed by atoms with Gasteiger partial charge in [0.15, 0.2) is 5.78 Å². The van der Waals surface area contributed by atoms with Crippen LogP contribution in [-0.2, 0) is 16.6 Å². The minimum Gasteiger partial charge on any atom is -0.469 e. The quantitative estimate of drug-likeness (QED) is 0.497. The molecule has 1 heterocycles. The second kappa shape index (κ2) is 5.79. The van der Waals surface area contributed by atoms with Crippen LogP contribution in [0.5, 0.6) is 0 Å². The number of esters is 1. The highest BCUT2D eigenvalue weighted by molar-refractivity contribution is 6.10. The normalized spacial score (nSPS) is 21.0. The van der Waals surface area contributed by atoms with Gasteiger partial charge in [0.25, 0.3) is 0 Å². The lowest BCUT2D eigenvalue weighted by atomic mass is 9.78. The average molecular weight is 297 g/mol. The van der Waals surface area contributed by atoms with Crippen LogP contribution in [0, 0.1) is 11.8 Å². The molecule has 0 radical (unpaired) electrons. The van der Waals surface area contributed by atoms with E-state index in [0.29, 0.717) is 18.4 Å². The molecule has 1 aliphatic rings. The van der Waals surface area contributed by atoms with Crippen LogP contribution in [0.3, 0.4) is 0 Å². The maximum atomic E-state index is 13.0. The summed E-state index contributed by atoms with van der Waals surface area (Å²) in [5, 5.41) is 0.938. The zero-order chi connectivity index (χ0) is 15.7. The van der Waals surface area contributed by atoms with E-state index >= 15 is 0 Å². The van der Waals surface area contributed by atoms with Gasteiger partial charge in [-0.15, -0.1) is 0 Å². The third-order valence-electron chi connectivity index (χ3n) is 4.44. The number of methoxy groups -OCH3 is 1. The Kier molecular flexibility index (Phi) is 3.84. The minimum atomic E-state index is -0.388. The van der Waals surface area contributed by atoms with E-state index in [0.717, 1.165) is 10.9 Å². The predicted octanol–water partition coefficient (Wildman–Crippen LogP) is 3.12. The topological polar surface area (TPSA) is 48.3 Å². The van der Waals surface area contributed by atoms with Crippen molar-refractivity contribution in [2.45, 2.75) is 12.8 Å². The largest absolute Gasteiger partial charge is 0.469 e. The van der Waals surface area contributed by atoms with E-state index in [1.165, 1.54) is 7.11 Å². The number of carbonyl (C=O) groups is 2. The average Bonchev–Trinajstić information content (AvgIpc) is 2.91. The molecule has 0 unspecified atom stereocenters. The van der Waals surface area contributed by atoms with E-state index < -0.39 is 0 Å². The lowest BCUT2D eigenvalue weighted by molar-refractivity contribution is -0.146. The van der Waals surface area contributed by atoms with Gasteiger partial charge in [-0.05, 0) is 18.9 Å². The molecule has 2 aromatic rings. The minimum absolute atomic E-state index is 0.0246. The highest BCUT2D eigenvalue weighted by atomic mass is 16.5. The zero-order valence-corrected chi connectivity index (χ0v) is 12.8. The summed E-state index contributed by atoms with van der Waals surface area (Å²) >= 11 is 0. The summed E-state index contributed by atoms with van der Waals surface area (Å²) in [7, 11) is 3.30. The Hall–Kier alpha value is -2.36. The van der Waals surface area contributed by atoms with E-state index in [4.69, 9.17) is 4.74 Å². The first kappa shape index (κ1) is 14.6. The third kappa shape index (κ3) is 2.34. The van der Waals surface area contributed by atoms with Gasteiger partial charge in [-0.3, -0.25) is 9.59 Å². The number of ketones is 1. The third-order valence-corrected chi connectivity index (χ3v) is 4.44. The number of para-hydroxylation sites is 1. The molecule has 0 bridgehead atoms. The van der Waals surface area contributed by atoms with E-state index in [2.05, 4.69) is 0 Å². The number of carbonyl (C=O) groups excluding carboxylic acids is 2. The van der Waals surface area contributed by atoms with Gasteiger partial charge in [-0.1, -0.05) is 30.4 Å². The van der Waals surface area contributed by atoms with Crippen molar-refractivity contribution in [3.63, 3.8) is 0 Å². The number of Topliss-reactive ketones (excluding diaryl/α,β-unsaturated/α-hetero) is 1. The number of aromatic nitrogens is 1. The van der Waals surface area contributed by atoms with Crippen LogP contribution in [-0.4, -0.2) is 23.4 Å². The summed E-state index contributed by atoms with van der Waals surface area (Å²) in [6.45, 7) is 0. The molecule has 0 aliphatic heterocycles. The molecular weight excluding hydrogens is 278 g/mol. The smallest absolute Gasteiger partial charge is 0.309 e. The molecule has 2 atom stereocenters. The second-order valence-electron chi connectivity index (χ2n) is 5.71. The Morgan fingerprint density at radius 1 is 1.14 bits per heavy atom. The Bertz CT molecular complexity index is 757. The van der Waals surface area contributed by atoms with Gasteiger partial charge in [0.1, 0.15) is 0 Å². The van der Waals surface area contributed by atoms with Crippen molar-refractivity contribution in [1.82, 2.24) is 4.57 Å². The van der Waals surface area contributed by atoms with Gasteiger partial charge in [-0.2, -0.15) is 0 Å². The molecule has 0 spiro atoms. The van der Waals surface area contributed by atoms with Crippen molar-refractivity contribution < 1.29 is 14.3 Å². The highest BCUT2D eigenvalue weighted by Crippen LogP contribution is 2.32. The van der Waals surface area contributed by atoms with Crippen LogP contribution in [0.15, 0.2) is 42.6 Å². The molecule has 22 heavy (non-hydrogen) atoms. The van der Waals surface area contributed by atoms with Crippen molar-refractivity contribution >= 4 is 22.7 Å². The van der Waals surface area contributed by atoms with Crippen molar-refractivity contribution in [2.24, 2.45) is 18.9 Å². The molecule has 114 valence electrons. The number of fused-ring (bicyclic) bond motifs is 1. The van der Waals surface area contributed by atoms with Gasteiger partial charge in [-0.25, -0.2) is 0 Å². The van der Waals surface area contributed by atoms with Crippen LogP contribution in [0.1, 0.15) is 23.2 Å². The first-order valence-corrected chi connectivity index (χ1v) is 7.44. The SMILES string of the molecule is COC(=O)[C@@H]1CC=CC[C@H]1C(=O)c1cn(C)c2ccccc12. The number of ether oxygens (including phenoxy) is 1. The molecule has 0 saturated heterocycles. The molecule has 1 aliphatic carbocycles. The fourth-order valence-corrected chi connectivity index (χ4v) is 3.25. The molecule has 0 fully saturated rings. The molecule has 1 aromatic heterocycles. The van der Waals surface area contributed by atoms with Crippen molar-refractivity contribution in [3.8, 4) is 0 Å². The van der Waals surface area contributed by atoms with Crippen LogP contribution in [0.2, 0.25) is 0 Å². The predicted molar refractivity (Wildman–Crippen MR) is 84.6 cm³/mol. The fourth-order valence-electron chi connectivity index (χ4n) is 3.25. The standard InChI is InChI=1S/C18H19NO3/c1-19-11-15(12-7-5-6-10-16(12)19)17(20)13-8-3-4-9-14(13)18(21)22-2/h3-7,10-11,13-14H,8-9H2,1-2H3/t13-,14-/m1/s1. The Balaban J connectivity index is 2.01. The summed E-state index contributed by atoms with van der Waals surface area (Å²) in [5.41, 5.74) is 1.71. The number of hydrogen-bond acceptors (Lipinski definition) is 3. The van der Waals surface area contributed by atoms with E-state index in [1.54, 1.807) is 0 Å². The zero-order valence-electron chi connectivity index (χ0n) is 12.8. The molecule has 0 N–H and O–H groups in total. The Morgan fingerprint density at radius 3 is 2.55 bits per heavy atom. The van der Waals surface area contributed by atoms with E-state index in [9.17, 15) is 9.59 Å². The van der Waals surface area contributed by atoms with Gasteiger partial charge in [0, 0.05) is 35.6 Å². The van der Waals surface area contributed by atoms with Gasteiger partial charge in [0.2, 0.25) is 0 Å². The van der Waals surface area contributed by atoms with E-state index in [1.807, 2.05) is 54.2 Å². The van der Waals surface area contributed by atoms with E-state index in [-0.39, 0.29) is 23.6 Å². The first-order chi connectivity index (χ1) is 10.6. The van der Waals surface area contributed by atoms with Crippen molar-refractivity contribution in [2.75, 3.05) is 7.11 Å². The Labute approximate surface area is 129 Å². The molecule has 4 heteroatoms. The van der Waals surface area contributed by atoms with Gasteiger partial charge < -0.3 is 9.30 Å². The summed E-state index contributed by atoms with van der Waals surface area (Å²) in [6, 6.07) is 7.83. The number of rotatable bonds is 3. The van der Waals surface area contributed by atoms with Gasteiger partial charge >= 0.3 is 5.97 Å². The monoisotopic (exact) mass is 297 g/mol. The second-order valence-corrected chi connectivity index (χ2v) is 5.71. The molecule has 3 rings (SSSR count). The van der Waals surface area contributed by atoms with Crippen LogP contribution in [0.4, 0.5) is 0 Å². The number of aryl methyl sites for hydroxylation is 1. The molecule has 4 nitrogen and oxygen atoms in total. The Morgan fingerprint density at radius 2 is 1.82 bits per heavy atom. The number of hydrogen-bond donors (Lipinski definition) is 0. The lowest BCUT2D eigenvalue weighted by Crippen LogP contribution is -2.32. The van der Waals surface area contributed by atoms with Crippen LogP contribution in [0.25, 0.3) is 10.9 Å². The number of benzene rings is 1.